The number of likely N-dealkylation sites (tertiary alicyclic amines) is 1. The lowest BCUT2D eigenvalue weighted by Gasteiger charge is -2.30. The van der Waals surface area contributed by atoms with Crippen LogP contribution in [0.4, 0.5) is 18.0 Å². The smallest absolute Gasteiger partial charge is 0.417 e. The van der Waals surface area contributed by atoms with Gasteiger partial charge >= 0.3 is 12.3 Å². The standard InChI is InChI=1S/C21H23F3N2O4S/c1-2-14-5-3-4-6-17(14)15-7-8-19(18(13-15)21(22,23)24)31(29,30)25-16-9-11-26(12-10-16)20(27)28/h3-8,13,16,25H,2,9-12H2,1H3,(H,27,28). The number of rotatable bonds is 5. The number of nitrogens with zero attached hydrogens (tertiary/aromatic N) is 1. The van der Waals surface area contributed by atoms with Crippen LogP contribution in [0.5, 0.6) is 0 Å². The average Bonchev–Trinajstić information content (AvgIpc) is 2.72. The van der Waals surface area contributed by atoms with E-state index in [9.17, 15) is 26.4 Å². The Bertz CT molecular complexity index is 1060. The second-order valence-corrected chi connectivity index (χ2v) is 9.07. The van der Waals surface area contributed by atoms with E-state index in [1.807, 2.05) is 13.0 Å². The molecule has 168 valence electrons. The topological polar surface area (TPSA) is 86.7 Å². The van der Waals surface area contributed by atoms with Gasteiger partial charge in [0.1, 0.15) is 0 Å². The molecule has 0 aliphatic carbocycles. The van der Waals surface area contributed by atoms with Gasteiger partial charge in [-0.15, -0.1) is 0 Å². The molecule has 2 N–H and O–H groups in total. The number of carbonyl (C=O) groups is 1. The summed E-state index contributed by atoms with van der Waals surface area (Å²) in [6.45, 7) is 2.12. The van der Waals surface area contributed by atoms with Gasteiger partial charge in [-0.1, -0.05) is 37.3 Å². The Labute approximate surface area is 178 Å². The maximum Gasteiger partial charge on any atom is 0.417 e. The molecule has 0 saturated carbocycles. The Balaban J connectivity index is 1.94. The first-order valence-corrected chi connectivity index (χ1v) is 11.3. The molecule has 1 amide bonds. The molecule has 1 aliphatic heterocycles. The predicted molar refractivity (Wildman–Crippen MR) is 109 cm³/mol. The lowest BCUT2D eigenvalue weighted by molar-refractivity contribution is -0.139. The van der Waals surface area contributed by atoms with Crippen LogP contribution in [-0.2, 0) is 22.6 Å². The highest BCUT2D eigenvalue weighted by molar-refractivity contribution is 7.89. The molecule has 3 rings (SSSR count). The fourth-order valence-electron chi connectivity index (χ4n) is 3.74. The highest BCUT2D eigenvalue weighted by atomic mass is 32.2. The summed E-state index contributed by atoms with van der Waals surface area (Å²) in [5.41, 5.74) is 0.535. The minimum atomic E-state index is -4.87. The molecular formula is C21H23F3N2O4S. The number of sulfonamides is 1. The normalized spacial score (nSPS) is 15.8. The highest BCUT2D eigenvalue weighted by Gasteiger charge is 2.38. The lowest BCUT2D eigenvalue weighted by Crippen LogP contribution is -2.46. The third-order valence-electron chi connectivity index (χ3n) is 5.37. The van der Waals surface area contributed by atoms with E-state index in [1.54, 1.807) is 18.2 Å². The van der Waals surface area contributed by atoms with Crippen LogP contribution in [0.25, 0.3) is 11.1 Å². The van der Waals surface area contributed by atoms with Gasteiger partial charge in [-0.25, -0.2) is 17.9 Å². The number of benzene rings is 2. The third kappa shape index (κ3) is 5.19. The van der Waals surface area contributed by atoms with Gasteiger partial charge in [0.05, 0.1) is 10.5 Å². The molecule has 0 bridgehead atoms. The molecule has 0 aromatic heterocycles. The minimum Gasteiger partial charge on any atom is -0.465 e. The van der Waals surface area contributed by atoms with Crippen molar-refractivity contribution in [3.63, 3.8) is 0 Å². The highest BCUT2D eigenvalue weighted by Crippen LogP contribution is 2.38. The molecule has 2 aromatic rings. The van der Waals surface area contributed by atoms with Crippen molar-refractivity contribution >= 4 is 16.1 Å². The SMILES string of the molecule is CCc1ccccc1-c1ccc(S(=O)(=O)NC2CCN(C(=O)O)CC2)c(C(F)(F)F)c1. The summed E-state index contributed by atoms with van der Waals surface area (Å²) >= 11 is 0. The van der Waals surface area contributed by atoms with E-state index >= 15 is 0 Å². The average molecular weight is 456 g/mol. The van der Waals surface area contributed by atoms with Crippen LogP contribution in [0.15, 0.2) is 47.4 Å². The Morgan fingerprint density at radius 2 is 1.81 bits per heavy atom. The summed E-state index contributed by atoms with van der Waals surface area (Å²) in [5.74, 6) is 0. The van der Waals surface area contributed by atoms with Crippen molar-refractivity contribution in [2.75, 3.05) is 13.1 Å². The summed E-state index contributed by atoms with van der Waals surface area (Å²) in [5, 5.41) is 8.98. The van der Waals surface area contributed by atoms with Crippen LogP contribution < -0.4 is 4.72 Å². The predicted octanol–water partition coefficient (Wildman–Crippen LogP) is 4.36. The maximum atomic E-state index is 13.8. The van der Waals surface area contributed by atoms with Gasteiger partial charge in [0.15, 0.2) is 0 Å². The van der Waals surface area contributed by atoms with Gasteiger partial charge in [0, 0.05) is 19.1 Å². The number of alkyl halides is 3. The Hall–Kier alpha value is -2.59. The number of aryl methyl sites for hydroxylation is 1. The fourth-order valence-corrected chi connectivity index (χ4v) is 5.25. The first kappa shape index (κ1) is 23.1. The fraction of sp³-hybridized carbons (Fsp3) is 0.381. The second-order valence-electron chi connectivity index (χ2n) is 7.38. The molecule has 2 aromatic carbocycles. The largest absolute Gasteiger partial charge is 0.465 e. The molecular weight excluding hydrogens is 433 g/mol. The van der Waals surface area contributed by atoms with Gasteiger partial charge in [-0.05, 0) is 48.1 Å². The van der Waals surface area contributed by atoms with Crippen LogP contribution in [0.1, 0.15) is 30.9 Å². The lowest BCUT2D eigenvalue weighted by atomic mass is 9.97. The van der Waals surface area contributed by atoms with E-state index in [4.69, 9.17) is 5.11 Å². The Morgan fingerprint density at radius 1 is 1.16 bits per heavy atom. The minimum absolute atomic E-state index is 0.112. The molecule has 1 heterocycles. The first-order chi connectivity index (χ1) is 14.5. The van der Waals surface area contributed by atoms with Crippen molar-refractivity contribution in [2.24, 2.45) is 0 Å². The van der Waals surface area contributed by atoms with E-state index in [1.165, 1.54) is 6.07 Å². The summed E-state index contributed by atoms with van der Waals surface area (Å²) in [7, 11) is -4.46. The van der Waals surface area contributed by atoms with Gasteiger partial charge in [-0.3, -0.25) is 0 Å². The summed E-state index contributed by atoms with van der Waals surface area (Å²) in [4.78, 5) is 11.3. The number of hydrogen-bond donors (Lipinski definition) is 2. The van der Waals surface area contributed by atoms with E-state index < -0.39 is 38.8 Å². The van der Waals surface area contributed by atoms with Crippen molar-refractivity contribution in [3.8, 4) is 11.1 Å². The van der Waals surface area contributed by atoms with Crippen LogP contribution in [0.2, 0.25) is 0 Å². The molecule has 0 unspecified atom stereocenters. The van der Waals surface area contributed by atoms with E-state index in [2.05, 4.69) is 4.72 Å². The van der Waals surface area contributed by atoms with Crippen molar-refractivity contribution in [3.05, 3.63) is 53.6 Å². The molecule has 31 heavy (non-hydrogen) atoms. The summed E-state index contributed by atoms with van der Waals surface area (Å²) in [6.07, 6.45) is -4.98. The zero-order valence-electron chi connectivity index (χ0n) is 16.8. The molecule has 1 saturated heterocycles. The Morgan fingerprint density at radius 3 is 2.39 bits per heavy atom. The third-order valence-corrected chi connectivity index (χ3v) is 6.95. The molecule has 6 nitrogen and oxygen atoms in total. The molecule has 0 radical (unpaired) electrons. The number of hydrogen-bond acceptors (Lipinski definition) is 3. The number of halogens is 3. The number of nitrogens with one attached hydrogen (secondary N) is 1. The second kappa shape index (κ2) is 8.88. The number of piperidine rings is 1. The maximum absolute atomic E-state index is 13.8. The molecule has 1 aliphatic rings. The van der Waals surface area contributed by atoms with Crippen LogP contribution in [0, 0.1) is 0 Å². The Kier molecular flexibility index (Phi) is 6.61. The zero-order valence-corrected chi connectivity index (χ0v) is 17.6. The molecule has 10 heteroatoms. The summed E-state index contributed by atoms with van der Waals surface area (Å²) in [6, 6.07) is 9.64. The number of carboxylic acid groups (broad SMARTS) is 1. The van der Waals surface area contributed by atoms with Crippen LogP contribution in [-0.4, -0.2) is 43.6 Å². The number of amides is 1. The van der Waals surface area contributed by atoms with Gasteiger partial charge in [-0.2, -0.15) is 13.2 Å². The van der Waals surface area contributed by atoms with E-state index in [0.29, 0.717) is 17.5 Å². The van der Waals surface area contributed by atoms with Crippen molar-refractivity contribution in [1.82, 2.24) is 9.62 Å². The monoisotopic (exact) mass is 456 g/mol. The first-order valence-electron chi connectivity index (χ1n) is 9.82. The summed E-state index contributed by atoms with van der Waals surface area (Å²) < 4.78 is 69.4. The van der Waals surface area contributed by atoms with Gasteiger partial charge < -0.3 is 10.0 Å². The molecule has 0 spiro atoms. The van der Waals surface area contributed by atoms with Crippen LogP contribution >= 0.6 is 0 Å². The van der Waals surface area contributed by atoms with Crippen LogP contribution in [0.3, 0.4) is 0 Å². The zero-order chi connectivity index (χ0) is 22.8. The van der Waals surface area contributed by atoms with Crippen molar-refractivity contribution in [2.45, 2.75) is 43.3 Å². The molecule has 1 fully saturated rings. The molecule has 0 atom stereocenters. The van der Waals surface area contributed by atoms with Crippen molar-refractivity contribution in [1.29, 1.82) is 0 Å². The van der Waals surface area contributed by atoms with E-state index in [0.717, 1.165) is 22.6 Å². The van der Waals surface area contributed by atoms with Gasteiger partial charge in [0.2, 0.25) is 10.0 Å². The quantitative estimate of drug-likeness (QED) is 0.700. The van der Waals surface area contributed by atoms with Crippen molar-refractivity contribution < 1.29 is 31.5 Å². The van der Waals surface area contributed by atoms with E-state index in [-0.39, 0.29) is 25.9 Å². The van der Waals surface area contributed by atoms with Gasteiger partial charge in [0.25, 0.3) is 0 Å².